The molecule has 2 atom stereocenters. The van der Waals surface area contributed by atoms with E-state index in [0.29, 0.717) is 31.6 Å². The summed E-state index contributed by atoms with van der Waals surface area (Å²) in [5.74, 6) is -0.888. The fourth-order valence-electron chi connectivity index (χ4n) is 3.61. The molecule has 1 saturated heterocycles. The molecule has 4 N–H and O–H groups in total. The van der Waals surface area contributed by atoms with Crippen LogP contribution in [0.2, 0.25) is 0 Å². The average Bonchev–Trinajstić information content (AvgIpc) is 2.92. The molecule has 140 valence electrons. The van der Waals surface area contributed by atoms with Gasteiger partial charge in [-0.2, -0.15) is 0 Å². The second-order valence-corrected chi connectivity index (χ2v) is 6.94. The molecule has 0 aliphatic carbocycles. The van der Waals surface area contributed by atoms with Crippen LogP contribution >= 0.6 is 0 Å². The quantitative estimate of drug-likeness (QED) is 0.572. The van der Waals surface area contributed by atoms with Gasteiger partial charge in [-0.05, 0) is 24.6 Å². The second kappa shape index (κ2) is 7.53. The molecule has 2 unspecified atom stereocenters. The minimum atomic E-state index is -0.618. The Morgan fingerprint density at radius 1 is 1.38 bits per heavy atom. The maximum absolute atomic E-state index is 13.0. The van der Waals surface area contributed by atoms with Crippen LogP contribution in [-0.2, 0) is 22.7 Å². The van der Waals surface area contributed by atoms with Gasteiger partial charge in [-0.3, -0.25) is 24.6 Å². The SMILES string of the molecule is CN(Cc1cccc2c1C(=O)N(C1CCC(=O)NC1=O)C2)CC(O)CN. The summed E-state index contributed by atoms with van der Waals surface area (Å²) in [6.07, 6.45) is -0.0294. The summed E-state index contributed by atoms with van der Waals surface area (Å²) in [6.45, 7) is 1.45. The molecule has 0 saturated carbocycles. The zero-order chi connectivity index (χ0) is 18.8. The van der Waals surface area contributed by atoms with E-state index >= 15 is 0 Å². The van der Waals surface area contributed by atoms with Crippen molar-refractivity contribution >= 4 is 17.7 Å². The zero-order valence-corrected chi connectivity index (χ0v) is 14.8. The highest BCUT2D eigenvalue weighted by Gasteiger charge is 2.39. The molecule has 8 nitrogen and oxygen atoms in total. The Morgan fingerprint density at radius 3 is 2.85 bits per heavy atom. The number of imide groups is 1. The van der Waals surface area contributed by atoms with Crippen molar-refractivity contribution in [3.05, 3.63) is 34.9 Å². The molecule has 0 spiro atoms. The Balaban J connectivity index is 1.78. The minimum absolute atomic E-state index is 0.180. The number of piperidine rings is 1. The molecule has 26 heavy (non-hydrogen) atoms. The number of carbonyl (C=O) groups is 3. The van der Waals surface area contributed by atoms with E-state index in [1.165, 1.54) is 0 Å². The molecular weight excluding hydrogens is 336 g/mol. The summed E-state index contributed by atoms with van der Waals surface area (Å²) < 4.78 is 0. The molecule has 0 bridgehead atoms. The Kier molecular flexibility index (Phi) is 5.36. The molecule has 0 radical (unpaired) electrons. The number of hydrogen-bond donors (Lipinski definition) is 3. The van der Waals surface area contributed by atoms with Crippen LogP contribution in [0.15, 0.2) is 18.2 Å². The lowest BCUT2D eigenvalue weighted by Gasteiger charge is -2.29. The number of nitrogens with two attached hydrogens (primary N) is 1. The van der Waals surface area contributed by atoms with Gasteiger partial charge >= 0.3 is 0 Å². The number of amides is 3. The van der Waals surface area contributed by atoms with E-state index in [4.69, 9.17) is 5.73 Å². The van der Waals surface area contributed by atoms with Crippen LogP contribution in [0.3, 0.4) is 0 Å². The lowest BCUT2D eigenvalue weighted by Crippen LogP contribution is -2.52. The summed E-state index contributed by atoms with van der Waals surface area (Å²) >= 11 is 0. The third-order valence-corrected chi connectivity index (χ3v) is 4.87. The largest absolute Gasteiger partial charge is 0.390 e. The van der Waals surface area contributed by atoms with Crippen LogP contribution in [0.25, 0.3) is 0 Å². The molecule has 1 fully saturated rings. The average molecular weight is 360 g/mol. The number of likely N-dealkylation sites (N-methyl/N-ethyl adjacent to an activating group) is 1. The fourth-order valence-corrected chi connectivity index (χ4v) is 3.61. The van der Waals surface area contributed by atoms with E-state index in [1.54, 1.807) is 4.90 Å². The van der Waals surface area contributed by atoms with Crippen molar-refractivity contribution in [2.24, 2.45) is 5.73 Å². The van der Waals surface area contributed by atoms with Gasteiger partial charge < -0.3 is 15.7 Å². The number of rotatable bonds is 6. The van der Waals surface area contributed by atoms with E-state index in [1.807, 2.05) is 30.1 Å². The normalized spacial score (nSPS) is 21.2. The van der Waals surface area contributed by atoms with Crippen LogP contribution in [0.4, 0.5) is 0 Å². The third kappa shape index (κ3) is 3.62. The molecule has 1 aromatic carbocycles. The van der Waals surface area contributed by atoms with Crippen molar-refractivity contribution in [3.63, 3.8) is 0 Å². The number of aliphatic hydroxyl groups excluding tert-OH is 1. The van der Waals surface area contributed by atoms with Crippen LogP contribution in [0.5, 0.6) is 0 Å². The number of aliphatic hydroxyl groups is 1. The summed E-state index contributed by atoms with van der Waals surface area (Å²) in [5.41, 5.74) is 7.80. The van der Waals surface area contributed by atoms with Gasteiger partial charge in [-0.25, -0.2) is 0 Å². The molecule has 2 aliphatic heterocycles. The summed E-state index contributed by atoms with van der Waals surface area (Å²) in [6, 6.07) is 5.05. The summed E-state index contributed by atoms with van der Waals surface area (Å²) in [7, 11) is 1.86. The van der Waals surface area contributed by atoms with Gasteiger partial charge in [0.05, 0.1) is 6.10 Å². The van der Waals surface area contributed by atoms with Crippen molar-refractivity contribution in [2.45, 2.75) is 38.1 Å². The number of carbonyl (C=O) groups excluding carboxylic acids is 3. The van der Waals surface area contributed by atoms with Gasteiger partial charge in [0.15, 0.2) is 0 Å². The highest BCUT2D eigenvalue weighted by molar-refractivity contribution is 6.05. The van der Waals surface area contributed by atoms with Crippen molar-refractivity contribution in [3.8, 4) is 0 Å². The number of fused-ring (bicyclic) bond motifs is 1. The van der Waals surface area contributed by atoms with Crippen molar-refractivity contribution in [1.82, 2.24) is 15.1 Å². The topological polar surface area (TPSA) is 116 Å². The molecule has 1 aromatic rings. The Labute approximate surface area is 151 Å². The number of nitrogens with zero attached hydrogens (tertiary/aromatic N) is 2. The summed E-state index contributed by atoms with van der Waals surface area (Å²) in [5, 5.41) is 12.0. The van der Waals surface area contributed by atoms with Crippen LogP contribution in [-0.4, -0.2) is 64.9 Å². The number of nitrogens with one attached hydrogen (secondary N) is 1. The molecule has 8 heteroatoms. The predicted octanol–water partition coefficient (Wildman–Crippen LogP) is -0.801. The van der Waals surface area contributed by atoms with E-state index in [2.05, 4.69) is 5.32 Å². The highest BCUT2D eigenvalue weighted by atomic mass is 16.3. The minimum Gasteiger partial charge on any atom is -0.390 e. The van der Waals surface area contributed by atoms with Crippen molar-refractivity contribution in [2.75, 3.05) is 20.1 Å². The van der Waals surface area contributed by atoms with Gasteiger partial charge in [-0.1, -0.05) is 18.2 Å². The fraction of sp³-hybridized carbons (Fsp3) is 0.500. The molecule has 0 aromatic heterocycles. The molecule has 2 aliphatic rings. The lowest BCUT2D eigenvalue weighted by molar-refractivity contribution is -0.136. The van der Waals surface area contributed by atoms with Gasteiger partial charge in [0.25, 0.3) is 5.91 Å². The van der Waals surface area contributed by atoms with Crippen LogP contribution in [0.1, 0.15) is 34.3 Å². The smallest absolute Gasteiger partial charge is 0.255 e. The number of hydrogen-bond acceptors (Lipinski definition) is 6. The van der Waals surface area contributed by atoms with Crippen LogP contribution < -0.4 is 11.1 Å². The Hall–Kier alpha value is -2.29. The van der Waals surface area contributed by atoms with E-state index < -0.39 is 18.1 Å². The van der Waals surface area contributed by atoms with Crippen molar-refractivity contribution < 1.29 is 19.5 Å². The van der Waals surface area contributed by atoms with E-state index in [9.17, 15) is 19.5 Å². The molecule has 3 amide bonds. The van der Waals surface area contributed by atoms with Gasteiger partial charge in [-0.15, -0.1) is 0 Å². The first-order chi connectivity index (χ1) is 12.4. The molecular formula is C18H24N4O4. The first kappa shape index (κ1) is 18.5. The monoisotopic (exact) mass is 360 g/mol. The zero-order valence-electron chi connectivity index (χ0n) is 14.8. The maximum Gasteiger partial charge on any atom is 0.255 e. The molecule has 3 rings (SSSR count). The second-order valence-electron chi connectivity index (χ2n) is 6.94. The van der Waals surface area contributed by atoms with Crippen LogP contribution in [0, 0.1) is 0 Å². The van der Waals surface area contributed by atoms with Gasteiger partial charge in [0.1, 0.15) is 6.04 Å². The summed E-state index contributed by atoms with van der Waals surface area (Å²) in [4.78, 5) is 39.9. The van der Waals surface area contributed by atoms with Crippen molar-refractivity contribution in [1.29, 1.82) is 0 Å². The maximum atomic E-state index is 13.0. The van der Waals surface area contributed by atoms with Gasteiger partial charge in [0, 0.05) is 38.2 Å². The standard InChI is InChI=1S/C18H24N4O4/c1-21(10-13(23)7-19)8-11-3-2-4-12-9-22(18(26)16(11)12)14-5-6-15(24)20-17(14)25/h2-4,13-14,23H,5-10,19H2,1H3,(H,20,24,25). The predicted molar refractivity (Wildman–Crippen MR) is 93.9 cm³/mol. The highest BCUT2D eigenvalue weighted by Crippen LogP contribution is 2.30. The lowest BCUT2D eigenvalue weighted by atomic mass is 10.0. The Bertz CT molecular complexity index is 736. The third-order valence-electron chi connectivity index (χ3n) is 4.87. The number of benzene rings is 1. The van der Waals surface area contributed by atoms with E-state index in [0.717, 1.165) is 11.1 Å². The molecule has 2 heterocycles. The Morgan fingerprint density at radius 2 is 2.15 bits per heavy atom. The van der Waals surface area contributed by atoms with Gasteiger partial charge in [0.2, 0.25) is 11.8 Å². The van der Waals surface area contributed by atoms with E-state index in [-0.39, 0.29) is 24.8 Å². The first-order valence-corrected chi connectivity index (χ1v) is 8.72. The first-order valence-electron chi connectivity index (χ1n) is 8.72.